The SMILES string of the molecule is CC[C@H]1CCc2c(ncnc2N2CCOc3ccc(-c4cnc5nc([C@H](C)N)[nH]c5c4)cc3C2)C1. The lowest BCUT2D eigenvalue weighted by atomic mass is 9.85. The molecule has 0 bridgehead atoms. The predicted molar refractivity (Wildman–Crippen MR) is 136 cm³/mol. The van der Waals surface area contributed by atoms with E-state index in [1.807, 2.05) is 13.1 Å². The summed E-state index contributed by atoms with van der Waals surface area (Å²) in [5.74, 6) is 3.47. The zero-order valence-electron chi connectivity index (χ0n) is 20.3. The van der Waals surface area contributed by atoms with E-state index in [9.17, 15) is 0 Å². The van der Waals surface area contributed by atoms with Gasteiger partial charge >= 0.3 is 0 Å². The van der Waals surface area contributed by atoms with Crippen LogP contribution in [-0.4, -0.2) is 38.1 Å². The van der Waals surface area contributed by atoms with Crippen LogP contribution in [0.3, 0.4) is 0 Å². The van der Waals surface area contributed by atoms with Gasteiger partial charge in [-0.15, -0.1) is 0 Å². The fraction of sp³-hybridized carbons (Fsp3) is 0.407. The van der Waals surface area contributed by atoms with Gasteiger partial charge in [0.1, 0.15) is 30.3 Å². The average Bonchev–Trinajstić information content (AvgIpc) is 3.20. The Morgan fingerprint density at radius 3 is 2.97 bits per heavy atom. The quantitative estimate of drug-likeness (QED) is 0.458. The number of nitrogens with zero attached hydrogens (tertiary/aromatic N) is 5. The lowest BCUT2D eigenvalue weighted by Gasteiger charge is -2.29. The molecule has 0 saturated carbocycles. The second kappa shape index (κ2) is 8.92. The molecule has 0 radical (unpaired) electrons. The Morgan fingerprint density at radius 2 is 2.11 bits per heavy atom. The number of nitrogens with two attached hydrogens (primary N) is 1. The van der Waals surface area contributed by atoms with Gasteiger partial charge in [-0.3, -0.25) is 0 Å². The van der Waals surface area contributed by atoms with E-state index in [-0.39, 0.29) is 6.04 Å². The van der Waals surface area contributed by atoms with E-state index in [1.165, 1.54) is 24.1 Å². The third-order valence-corrected chi connectivity index (χ3v) is 7.33. The van der Waals surface area contributed by atoms with Crippen LogP contribution in [0.5, 0.6) is 5.75 Å². The van der Waals surface area contributed by atoms with E-state index in [2.05, 4.69) is 56.0 Å². The number of H-pyrrole nitrogens is 1. The summed E-state index contributed by atoms with van der Waals surface area (Å²) in [5.41, 5.74) is 13.4. The number of aromatic nitrogens is 5. The Morgan fingerprint density at radius 1 is 1.20 bits per heavy atom. The van der Waals surface area contributed by atoms with Gasteiger partial charge in [-0.2, -0.15) is 0 Å². The summed E-state index contributed by atoms with van der Waals surface area (Å²) in [6, 6.07) is 8.30. The van der Waals surface area contributed by atoms with Gasteiger partial charge in [0.2, 0.25) is 0 Å². The molecule has 0 amide bonds. The van der Waals surface area contributed by atoms with E-state index in [0.29, 0.717) is 12.3 Å². The minimum absolute atomic E-state index is 0.163. The van der Waals surface area contributed by atoms with Gasteiger partial charge in [0.25, 0.3) is 0 Å². The number of hydrogen-bond acceptors (Lipinski definition) is 7. The van der Waals surface area contributed by atoms with Crippen molar-refractivity contribution in [1.29, 1.82) is 0 Å². The molecule has 0 unspecified atom stereocenters. The van der Waals surface area contributed by atoms with E-state index in [1.54, 1.807) is 6.33 Å². The molecule has 1 aromatic carbocycles. The van der Waals surface area contributed by atoms with Crippen LogP contribution in [0.2, 0.25) is 0 Å². The molecule has 8 nitrogen and oxygen atoms in total. The highest BCUT2D eigenvalue weighted by atomic mass is 16.5. The number of ether oxygens (including phenoxy) is 1. The Labute approximate surface area is 205 Å². The zero-order chi connectivity index (χ0) is 23.9. The van der Waals surface area contributed by atoms with Crippen molar-refractivity contribution in [2.75, 3.05) is 18.1 Å². The molecule has 4 heterocycles. The van der Waals surface area contributed by atoms with Gasteiger partial charge in [0.05, 0.1) is 18.1 Å². The van der Waals surface area contributed by atoms with Gasteiger partial charge in [-0.1, -0.05) is 19.4 Å². The van der Waals surface area contributed by atoms with Gasteiger partial charge in [-0.25, -0.2) is 19.9 Å². The largest absolute Gasteiger partial charge is 0.491 e. The number of rotatable bonds is 4. The summed E-state index contributed by atoms with van der Waals surface area (Å²) in [5, 5.41) is 0. The molecule has 3 N–H and O–H groups in total. The highest BCUT2D eigenvalue weighted by Crippen LogP contribution is 2.35. The van der Waals surface area contributed by atoms with E-state index < -0.39 is 0 Å². The molecule has 1 aliphatic carbocycles. The van der Waals surface area contributed by atoms with E-state index in [4.69, 9.17) is 15.5 Å². The maximum atomic E-state index is 6.14. The summed E-state index contributed by atoms with van der Waals surface area (Å²) in [6.45, 7) is 6.36. The number of hydrogen-bond donors (Lipinski definition) is 2. The van der Waals surface area contributed by atoms with Crippen LogP contribution in [0.25, 0.3) is 22.3 Å². The molecule has 2 aliphatic rings. The van der Waals surface area contributed by atoms with Gasteiger partial charge in [-0.05, 0) is 55.9 Å². The van der Waals surface area contributed by atoms with Crippen LogP contribution in [-0.2, 0) is 19.4 Å². The monoisotopic (exact) mass is 469 g/mol. The molecule has 4 aromatic rings. The smallest absolute Gasteiger partial charge is 0.177 e. The molecule has 1 aliphatic heterocycles. The van der Waals surface area contributed by atoms with Crippen LogP contribution < -0.4 is 15.4 Å². The first-order chi connectivity index (χ1) is 17.1. The van der Waals surface area contributed by atoms with Gasteiger partial charge in [0, 0.05) is 35.1 Å². The highest BCUT2D eigenvalue weighted by molar-refractivity contribution is 5.78. The normalized spacial score (nSPS) is 18.5. The molecular weight excluding hydrogens is 438 g/mol. The zero-order valence-corrected chi connectivity index (χ0v) is 20.3. The van der Waals surface area contributed by atoms with Crippen LogP contribution >= 0.6 is 0 Å². The molecule has 8 heteroatoms. The third kappa shape index (κ3) is 4.12. The molecule has 0 saturated heterocycles. The predicted octanol–water partition coefficient (Wildman–Crippen LogP) is 4.35. The Balaban J connectivity index is 1.32. The number of imidazole rings is 1. The first-order valence-corrected chi connectivity index (χ1v) is 12.5. The second-order valence-corrected chi connectivity index (χ2v) is 9.74. The topological polar surface area (TPSA) is 106 Å². The van der Waals surface area contributed by atoms with Crippen molar-refractivity contribution in [3.05, 3.63) is 59.4 Å². The number of fused-ring (bicyclic) bond motifs is 3. The molecule has 0 spiro atoms. The number of aromatic amines is 1. The second-order valence-electron chi connectivity index (χ2n) is 9.74. The minimum atomic E-state index is -0.163. The summed E-state index contributed by atoms with van der Waals surface area (Å²) in [6.07, 6.45) is 8.13. The van der Waals surface area contributed by atoms with Gasteiger partial charge in [0.15, 0.2) is 5.65 Å². The van der Waals surface area contributed by atoms with E-state index in [0.717, 1.165) is 71.4 Å². The minimum Gasteiger partial charge on any atom is -0.491 e. The Kier molecular flexibility index (Phi) is 5.60. The lowest BCUT2D eigenvalue weighted by Crippen LogP contribution is -2.29. The molecular formula is C27H31N7O. The fourth-order valence-corrected chi connectivity index (χ4v) is 5.26. The molecule has 3 aromatic heterocycles. The number of benzene rings is 1. The van der Waals surface area contributed by atoms with Crippen molar-refractivity contribution in [2.24, 2.45) is 11.7 Å². The van der Waals surface area contributed by atoms with Crippen molar-refractivity contribution < 1.29 is 4.74 Å². The molecule has 180 valence electrons. The standard InChI is InChI=1S/C27H31N7O/c1-3-17-4-6-21-22(10-17)30-15-31-27(21)34-8-9-35-24-7-5-18(11-20(24)14-34)19-12-23-26(29-13-19)33-25(32-23)16(2)28/h5,7,11-13,15-17H,3-4,6,8-10,14,28H2,1-2H3,(H,29,32,33)/t16-,17-/m0/s1. The third-order valence-electron chi connectivity index (χ3n) is 7.33. The van der Waals surface area contributed by atoms with Crippen molar-refractivity contribution in [2.45, 2.75) is 52.1 Å². The maximum absolute atomic E-state index is 6.14. The van der Waals surface area contributed by atoms with Crippen molar-refractivity contribution >= 4 is 17.0 Å². The highest BCUT2D eigenvalue weighted by Gasteiger charge is 2.26. The Bertz CT molecular complexity index is 1380. The summed E-state index contributed by atoms with van der Waals surface area (Å²) >= 11 is 0. The first kappa shape index (κ1) is 22.0. The van der Waals surface area contributed by atoms with Gasteiger partial charge < -0.3 is 20.4 Å². The number of anilines is 1. The summed E-state index contributed by atoms with van der Waals surface area (Å²) in [7, 11) is 0. The number of nitrogens with one attached hydrogen (secondary N) is 1. The van der Waals surface area contributed by atoms with Crippen LogP contribution in [0.1, 0.15) is 55.4 Å². The Hall–Kier alpha value is -3.52. The lowest BCUT2D eigenvalue weighted by molar-refractivity contribution is 0.331. The van der Waals surface area contributed by atoms with Crippen molar-refractivity contribution in [3.63, 3.8) is 0 Å². The molecule has 35 heavy (non-hydrogen) atoms. The summed E-state index contributed by atoms with van der Waals surface area (Å²) in [4.78, 5) is 24.1. The summed E-state index contributed by atoms with van der Waals surface area (Å²) < 4.78 is 6.14. The number of pyridine rings is 1. The molecule has 0 fully saturated rings. The van der Waals surface area contributed by atoms with Crippen molar-refractivity contribution in [3.8, 4) is 16.9 Å². The van der Waals surface area contributed by atoms with E-state index >= 15 is 0 Å². The average molecular weight is 470 g/mol. The first-order valence-electron chi connectivity index (χ1n) is 12.5. The maximum Gasteiger partial charge on any atom is 0.177 e. The van der Waals surface area contributed by atoms with Crippen LogP contribution in [0.4, 0.5) is 5.82 Å². The van der Waals surface area contributed by atoms with Crippen LogP contribution in [0.15, 0.2) is 36.8 Å². The molecule has 2 atom stereocenters. The van der Waals surface area contributed by atoms with Crippen molar-refractivity contribution in [1.82, 2.24) is 24.9 Å². The van der Waals surface area contributed by atoms with Crippen LogP contribution in [0, 0.1) is 5.92 Å². The fourth-order valence-electron chi connectivity index (χ4n) is 5.26. The molecule has 6 rings (SSSR count).